The second-order valence-corrected chi connectivity index (χ2v) is 5.11. The summed E-state index contributed by atoms with van der Waals surface area (Å²) in [5, 5.41) is 8.99. The van der Waals surface area contributed by atoms with E-state index in [1.807, 2.05) is 0 Å². The number of nitrogens with zero attached hydrogens (tertiary/aromatic N) is 1. The average molecular weight is 257 g/mol. The van der Waals surface area contributed by atoms with Crippen LogP contribution in [0.3, 0.4) is 0 Å². The Morgan fingerprint density at radius 1 is 1.28 bits per heavy atom. The summed E-state index contributed by atoms with van der Waals surface area (Å²) in [7, 11) is 1.48. The molecule has 1 N–H and O–H groups in total. The summed E-state index contributed by atoms with van der Waals surface area (Å²) in [4.78, 5) is 35.5. The summed E-state index contributed by atoms with van der Waals surface area (Å²) in [5.74, 6) is -3.01. The first-order valence-corrected chi connectivity index (χ1v) is 5.86. The Balaban J connectivity index is 2.61. The van der Waals surface area contributed by atoms with Crippen molar-refractivity contribution in [1.29, 1.82) is 0 Å². The molecule has 1 aliphatic rings. The summed E-state index contributed by atoms with van der Waals surface area (Å²) in [5.41, 5.74) is -0.550. The number of aliphatic carboxylic acids is 1. The zero-order chi connectivity index (χ0) is 14.1. The number of carboxylic acids is 1. The molecule has 0 aliphatic heterocycles. The van der Waals surface area contributed by atoms with Crippen molar-refractivity contribution in [3.8, 4) is 0 Å². The number of ether oxygens (including phenoxy) is 1. The quantitative estimate of drug-likeness (QED) is 0.719. The fourth-order valence-electron chi connectivity index (χ4n) is 2.28. The molecule has 1 saturated carbocycles. The van der Waals surface area contributed by atoms with Crippen LogP contribution >= 0.6 is 0 Å². The lowest BCUT2D eigenvalue weighted by Gasteiger charge is -2.16. The Labute approximate surface area is 106 Å². The largest absolute Gasteiger partial charge is 0.481 e. The third kappa shape index (κ3) is 2.63. The number of carboxylic acid groups (broad SMARTS) is 1. The highest BCUT2D eigenvalue weighted by atomic mass is 16.5. The number of hydrogen-bond donors (Lipinski definition) is 1. The molecule has 0 radical (unpaired) electrons. The van der Waals surface area contributed by atoms with E-state index in [4.69, 9.17) is 9.84 Å². The van der Waals surface area contributed by atoms with Crippen LogP contribution in [0.15, 0.2) is 0 Å². The standard InChI is InChI=1S/C12H19NO5/c1-5-18-7(14)6-13(4)10(15)8-9(11(16)17)12(8,2)3/h8-9H,5-6H2,1-4H3,(H,16,17). The van der Waals surface area contributed by atoms with E-state index in [0.717, 1.165) is 0 Å². The summed E-state index contributed by atoms with van der Waals surface area (Å²) < 4.78 is 4.74. The molecular weight excluding hydrogens is 238 g/mol. The first-order valence-electron chi connectivity index (χ1n) is 5.86. The van der Waals surface area contributed by atoms with Crippen molar-refractivity contribution < 1.29 is 24.2 Å². The number of hydrogen-bond acceptors (Lipinski definition) is 4. The molecule has 1 aliphatic carbocycles. The van der Waals surface area contributed by atoms with Crippen LogP contribution in [0.5, 0.6) is 0 Å². The molecule has 1 fully saturated rings. The van der Waals surface area contributed by atoms with Crippen molar-refractivity contribution in [3.05, 3.63) is 0 Å². The van der Waals surface area contributed by atoms with Crippen molar-refractivity contribution in [3.63, 3.8) is 0 Å². The van der Waals surface area contributed by atoms with Gasteiger partial charge in [-0.1, -0.05) is 13.8 Å². The van der Waals surface area contributed by atoms with Crippen LogP contribution in [0, 0.1) is 17.3 Å². The predicted molar refractivity (Wildman–Crippen MR) is 62.7 cm³/mol. The number of rotatable bonds is 5. The van der Waals surface area contributed by atoms with Gasteiger partial charge in [0.1, 0.15) is 6.54 Å². The monoisotopic (exact) mass is 257 g/mol. The van der Waals surface area contributed by atoms with Crippen molar-refractivity contribution in [2.45, 2.75) is 20.8 Å². The maximum atomic E-state index is 12.0. The van der Waals surface area contributed by atoms with Crippen LogP contribution in [0.25, 0.3) is 0 Å². The minimum Gasteiger partial charge on any atom is -0.481 e. The molecule has 0 aromatic carbocycles. The summed E-state index contributed by atoms with van der Waals surface area (Å²) in [6.07, 6.45) is 0. The van der Waals surface area contributed by atoms with Gasteiger partial charge in [-0.05, 0) is 12.3 Å². The van der Waals surface area contributed by atoms with E-state index in [9.17, 15) is 14.4 Å². The van der Waals surface area contributed by atoms with Gasteiger partial charge in [0, 0.05) is 7.05 Å². The molecule has 0 aromatic rings. The van der Waals surface area contributed by atoms with Crippen LogP contribution in [0.2, 0.25) is 0 Å². The Hall–Kier alpha value is -1.59. The molecule has 6 heteroatoms. The molecule has 0 heterocycles. The highest BCUT2D eigenvalue weighted by Crippen LogP contribution is 2.58. The SMILES string of the molecule is CCOC(=O)CN(C)C(=O)C1C(C(=O)O)C1(C)C. The van der Waals surface area contributed by atoms with Gasteiger partial charge in [0.15, 0.2) is 0 Å². The Kier molecular flexibility index (Phi) is 3.98. The Morgan fingerprint density at radius 3 is 2.22 bits per heavy atom. The molecule has 1 rings (SSSR count). The maximum absolute atomic E-state index is 12.0. The average Bonchev–Trinajstić information content (AvgIpc) is 2.80. The van der Waals surface area contributed by atoms with Gasteiger partial charge in [0.2, 0.25) is 5.91 Å². The minimum absolute atomic E-state index is 0.147. The maximum Gasteiger partial charge on any atom is 0.325 e. The van der Waals surface area contributed by atoms with E-state index in [0.29, 0.717) is 0 Å². The van der Waals surface area contributed by atoms with E-state index in [-0.39, 0.29) is 19.1 Å². The van der Waals surface area contributed by atoms with Gasteiger partial charge in [-0.25, -0.2) is 0 Å². The highest BCUT2D eigenvalue weighted by molar-refractivity contribution is 5.93. The molecular formula is C12H19NO5. The molecule has 0 spiro atoms. The lowest BCUT2D eigenvalue weighted by molar-refractivity contribution is -0.149. The van der Waals surface area contributed by atoms with Gasteiger partial charge < -0.3 is 14.7 Å². The van der Waals surface area contributed by atoms with E-state index >= 15 is 0 Å². The van der Waals surface area contributed by atoms with E-state index in [2.05, 4.69) is 0 Å². The van der Waals surface area contributed by atoms with Crippen LogP contribution in [0.4, 0.5) is 0 Å². The summed E-state index contributed by atoms with van der Waals surface area (Å²) in [6, 6.07) is 0. The minimum atomic E-state index is -0.970. The predicted octanol–water partition coefficient (Wildman–Crippen LogP) is 0.365. The Bertz CT molecular complexity index is 377. The van der Waals surface area contributed by atoms with Gasteiger partial charge in [-0.2, -0.15) is 0 Å². The fraction of sp³-hybridized carbons (Fsp3) is 0.750. The molecule has 2 unspecified atom stereocenters. The molecule has 102 valence electrons. The lowest BCUT2D eigenvalue weighted by atomic mass is 10.1. The molecule has 2 atom stereocenters. The smallest absolute Gasteiger partial charge is 0.325 e. The van der Waals surface area contributed by atoms with Gasteiger partial charge in [0.05, 0.1) is 18.4 Å². The normalized spacial score (nSPS) is 24.2. The molecule has 0 saturated heterocycles. The van der Waals surface area contributed by atoms with Crippen LogP contribution in [-0.2, 0) is 19.1 Å². The van der Waals surface area contributed by atoms with Crippen LogP contribution in [0.1, 0.15) is 20.8 Å². The number of carbonyl (C=O) groups excluding carboxylic acids is 2. The number of amides is 1. The molecule has 6 nitrogen and oxygen atoms in total. The van der Waals surface area contributed by atoms with Crippen LogP contribution < -0.4 is 0 Å². The zero-order valence-corrected chi connectivity index (χ0v) is 11.1. The molecule has 0 aromatic heterocycles. The first kappa shape index (κ1) is 14.5. The second-order valence-electron chi connectivity index (χ2n) is 5.11. The van der Waals surface area contributed by atoms with E-state index < -0.39 is 29.2 Å². The second kappa shape index (κ2) is 4.96. The van der Waals surface area contributed by atoms with Gasteiger partial charge in [-0.3, -0.25) is 14.4 Å². The molecule has 1 amide bonds. The van der Waals surface area contributed by atoms with Crippen molar-refractivity contribution in [1.82, 2.24) is 4.90 Å². The van der Waals surface area contributed by atoms with E-state index in [1.54, 1.807) is 20.8 Å². The zero-order valence-electron chi connectivity index (χ0n) is 11.1. The van der Waals surface area contributed by atoms with E-state index in [1.165, 1.54) is 11.9 Å². The van der Waals surface area contributed by atoms with Crippen molar-refractivity contribution >= 4 is 17.8 Å². The third-order valence-electron chi connectivity index (χ3n) is 3.41. The number of esters is 1. The lowest BCUT2D eigenvalue weighted by Crippen LogP contribution is -2.35. The molecule has 0 bridgehead atoms. The number of carbonyl (C=O) groups is 3. The first-order chi connectivity index (χ1) is 8.23. The number of likely N-dealkylation sites (N-methyl/N-ethyl adjacent to an activating group) is 1. The third-order valence-corrected chi connectivity index (χ3v) is 3.41. The summed E-state index contributed by atoms with van der Waals surface area (Å²) >= 11 is 0. The van der Waals surface area contributed by atoms with Gasteiger partial charge in [0.25, 0.3) is 0 Å². The van der Waals surface area contributed by atoms with Gasteiger partial charge >= 0.3 is 11.9 Å². The fourth-order valence-corrected chi connectivity index (χ4v) is 2.28. The van der Waals surface area contributed by atoms with Crippen molar-refractivity contribution in [2.24, 2.45) is 17.3 Å². The van der Waals surface area contributed by atoms with Crippen molar-refractivity contribution in [2.75, 3.05) is 20.2 Å². The Morgan fingerprint density at radius 2 is 1.83 bits per heavy atom. The van der Waals surface area contributed by atoms with Gasteiger partial charge in [-0.15, -0.1) is 0 Å². The summed E-state index contributed by atoms with van der Waals surface area (Å²) in [6.45, 7) is 5.28. The highest BCUT2D eigenvalue weighted by Gasteiger charge is 2.66. The van der Waals surface area contributed by atoms with Crippen LogP contribution in [-0.4, -0.2) is 48.1 Å². The topological polar surface area (TPSA) is 83.9 Å². The molecule has 18 heavy (non-hydrogen) atoms.